The lowest BCUT2D eigenvalue weighted by Crippen LogP contribution is -2.58. The predicted molar refractivity (Wildman–Crippen MR) is 52.3 cm³/mol. The van der Waals surface area contributed by atoms with Crippen molar-refractivity contribution in [1.82, 2.24) is 10.2 Å². The van der Waals surface area contributed by atoms with Gasteiger partial charge >= 0.3 is 5.97 Å². The molecule has 0 aromatic heterocycles. The summed E-state index contributed by atoms with van der Waals surface area (Å²) in [7, 11) is 0. The second-order valence-electron chi connectivity index (χ2n) is 3.65. The number of amides is 1. The molecule has 0 saturated carbocycles. The Bertz CT molecular complexity index is 256. The molecule has 0 radical (unpaired) electrons. The minimum absolute atomic E-state index is 0.0357. The predicted octanol–water partition coefficient (Wildman–Crippen LogP) is -1.36. The van der Waals surface area contributed by atoms with Gasteiger partial charge in [0.2, 0.25) is 5.91 Å². The molecule has 6 nitrogen and oxygen atoms in total. The fourth-order valence-corrected chi connectivity index (χ4v) is 1.53. The van der Waals surface area contributed by atoms with Crippen LogP contribution < -0.4 is 5.32 Å². The number of rotatable bonds is 4. The fourth-order valence-electron chi connectivity index (χ4n) is 1.53. The van der Waals surface area contributed by atoms with Gasteiger partial charge in [-0.15, -0.1) is 0 Å². The number of aliphatic hydroxyl groups is 1. The topological polar surface area (TPSA) is 89.9 Å². The maximum atomic E-state index is 11.1. The summed E-state index contributed by atoms with van der Waals surface area (Å²) < 4.78 is 0. The van der Waals surface area contributed by atoms with E-state index >= 15 is 0 Å². The lowest BCUT2D eigenvalue weighted by molar-refractivity contribution is -0.146. The molecule has 0 spiro atoms. The molecule has 1 heterocycles. The summed E-state index contributed by atoms with van der Waals surface area (Å²) in [6, 6.07) is -0.733. The first-order valence-corrected chi connectivity index (χ1v) is 4.96. The maximum Gasteiger partial charge on any atom is 0.322 e. The summed E-state index contributed by atoms with van der Waals surface area (Å²) in [4.78, 5) is 23.4. The van der Waals surface area contributed by atoms with E-state index in [0.29, 0.717) is 6.42 Å². The Morgan fingerprint density at radius 3 is 2.93 bits per heavy atom. The Morgan fingerprint density at radius 1 is 1.73 bits per heavy atom. The molecule has 2 unspecified atom stereocenters. The molecule has 1 rings (SSSR count). The summed E-state index contributed by atoms with van der Waals surface area (Å²) in [5, 5.41) is 20.8. The molecule has 1 saturated heterocycles. The van der Waals surface area contributed by atoms with Gasteiger partial charge in [0.1, 0.15) is 6.04 Å². The van der Waals surface area contributed by atoms with Crippen molar-refractivity contribution in [2.75, 3.05) is 19.6 Å². The summed E-state index contributed by atoms with van der Waals surface area (Å²) in [5.41, 5.74) is 0. The minimum atomic E-state index is -0.974. The van der Waals surface area contributed by atoms with E-state index in [1.165, 1.54) is 4.90 Å². The SMILES string of the molecule is CCC(O)CN1CC(=O)NCC1C(=O)O. The van der Waals surface area contributed by atoms with Crippen molar-refractivity contribution in [3.8, 4) is 0 Å². The quantitative estimate of drug-likeness (QED) is 0.540. The lowest BCUT2D eigenvalue weighted by Gasteiger charge is -2.33. The number of nitrogens with one attached hydrogen (secondary N) is 1. The number of carboxylic acid groups (broad SMARTS) is 1. The van der Waals surface area contributed by atoms with Crippen LogP contribution in [0.25, 0.3) is 0 Å². The van der Waals surface area contributed by atoms with Crippen LogP contribution in [0.3, 0.4) is 0 Å². The Kier molecular flexibility index (Phi) is 4.05. The molecule has 1 fully saturated rings. The highest BCUT2D eigenvalue weighted by molar-refractivity contribution is 5.83. The van der Waals surface area contributed by atoms with Crippen LogP contribution in [0.1, 0.15) is 13.3 Å². The van der Waals surface area contributed by atoms with Gasteiger partial charge in [0.15, 0.2) is 0 Å². The zero-order valence-corrected chi connectivity index (χ0v) is 8.64. The van der Waals surface area contributed by atoms with Gasteiger partial charge in [-0.1, -0.05) is 6.92 Å². The van der Waals surface area contributed by atoms with Gasteiger partial charge in [0.25, 0.3) is 0 Å². The molecule has 2 atom stereocenters. The van der Waals surface area contributed by atoms with Crippen LogP contribution in [0, 0.1) is 0 Å². The number of carbonyl (C=O) groups excluding carboxylic acids is 1. The van der Waals surface area contributed by atoms with Gasteiger partial charge in [-0.25, -0.2) is 0 Å². The van der Waals surface area contributed by atoms with E-state index in [2.05, 4.69) is 5.32 Å². The average Bonchev–Trinajstić information content (AvgIpc) is 2.17. The molecule has 15 heavy (non-hydrogen) atoms. The molecule has 0 aromatic rings. The Labute approximate surface area is 87.9 Å². The fraction of sp³-hybridized carbons (Fsp3) is 0.778. The number of carboxylic acids is 1. The number of aliphatic carboxylic acids is 1. The highest BCUT2D eigenvalue weighted by atomic mass is 16.4. The Morgan fingerprint density at radius 2 is 2.40 bits per heavy atom. The molecule has 0 bridgehead atoms. The van der Waals surface area contributed by atoms with Crippen molar-refractivity contribution in [3.05, 3.63) is 0 Å². The van der Waals surface area contributed by atoms with Gasteiger partial charge in [-0.2, -0.15) is 0 Å². The highest BCUT2D eigenvalue weighted by Crippen LogP contribution is 2.06. The number of carbonyl (C=O) groups is 2. The van der Waals surface area contributed by atoms with Crippen LogP contribution in [0.2, 0.25) is 0 Å². The Hall–Kier alpha value is -1.14. The molecular formula is C9H16N2O4. The molecule has 3 N–H and O–H groups in total. The molecule has 86 valence electrons. The number of piperazine rings is 1. The van der Waals surface area contributed by atoms with Crippen LogP contribution in [0.4, 0.5) is 0 Å². The average molecular weight is 216 g/mol. The molecule has 0 aromatic carbocycles. The van der Waals surface area contributed by atoms with E-state index < -0.39 is 18.1 Å². The van der Waals surface area contributed by atoms with Crippen molar-refractivity contribution >= 4 is 11.9 Å². The zero-order chi connectivity index (χ0) is 11.4. The molecular weight excluding hydrogens is 200 g/mol. The van der Waals surface area contributed by atoms with E-state index in [1.807, 2.05) is 6.92 Å². The third kappa shape index (κ3) is 3.17. The normalized spacial score (nSPS) is 24.7. The van der Waals surface area contributed by atoms with Crippen LogP contribution in [0.5, 0.6) is 0 Å². The molecule has 6 heteroatoms. The van der Waals surface area contributed by atoms with Crippen molar-refractivity contribution < 1.29 is 19.8 Å². The first kappa shape index (κ1) is 11.9. The monoisotopic (exact) mass is 216 g/mol. The summed E-state index contributed by atoms with van der Waals surface area (Å²) in [6.45, 7) is 2.17. The van der Waals surface area contributed by atoms with E-state index in [0.717, 1.165) is 0 Å². The van der Waals surface area contributed by atoms with Crippen LogP contribution in [-0.4, -0.2) is 58.8 Å². The molecule has 1 aliphatic heterocycles. The third-order valence-electron chi connectivity index (χ3n) is 2.48. The second kappa shape index (κ2) is 5.09. The zero-order valence-electron chi connectivity index (χ0n) is 8.64. The van der Waals surface area contributed by atoms with Gasteiger partial charge in [-0.3, -0.25) is 14.5 Å². The summed E-state index contributed by atoms with van der Waals surface area (Å²) in [6.07, 6.45) is -0.0393. The third-order valence-corrected chi connectivity index (χ3v) is 2.48. The van der Waals surface area contributed by atoms with Crippen molar-refractivity contribution in [2.24, 2.45) is 0 Å². The highest BCUT2D eigenvalue weighted by Gasteiger charge is 2.32. The van der Waals surface area contributed by atoms with Gasteiger partial charge in [0, 0.05) is 13.1 Å². The lowest BCUT2D eigenvalue weighted by atomic mass is 10.1. The molecule has 0 aliphatic carbocycles. The number of nitrogens with zero attached hydrogens (tertiary/aromatic N) is 1. The summed E-state index contributed by atoms with van der Waals surface area (Å²) >= 11 is 0. The number of hydrogen-bond donors (Lipinski definition) is 3. The van der Waals surface area contributed by atoms with Gasteiger partial charge in [-0.05, 0) is 6.42 Å². The van der Waals surface area contributed by atoms with Crippen LogP contribution in [-0.2, 0) is 9.59 Å². The van der Waals surface area contributed by atoms with E-state index in [4.69, 9.17) is 5.11 Å². The minimum Gasteiger partial charge on any atom is -0.480 e. The van der Waals surface area contributed by atoms with Gasteiger partial charge < -0.3 is 15.5 Å². The standard InChI is InChI=1S/C9H16N2O4/c1-2-6(12)4-11-5-8(13)10-3-7(11)9(14)15/h6-7,12H,2-5H2,1H3,(H,10,13)(H,14,15). The van der Waals surface area contributed by atoms with Crippen molar-refractivity contribution in [3.63, 3.8) is 0 Å². The Balaban J connectivity index is 2.61. The van der Waals surface area contributed by atoms with Gasteiger partial charge in [0.05, 0.1) is 12.6 Å². The van der Waals surface area contributed by atoms with Crippen molar-refractivity contribution in [2.45, 2.75) is 25.5 Å². The maximum absolute atomic E-state index is 11.1. The number of β-amino-alcohol motifs (C(OH)–C–C–N with tert-alkyl or cyclic N) is 1. The first-order valence-electron chi connectivity index (χ1n) is 4.96. The largest absolute Gasteiger partial charge is 0.480 e. The smallest absolute Gasteiger partial charge is 0.322 e. The van der Waals surface area contributed by atoms with Crippen LogP contribution >= 0.6 is 0 Å². The van der Waals surface area contributed by atoms with Crippen molar-refractivity contribution in [1.29, 1.82) is 0 Å². The van der Waals surface area contributed by atoms with E-state index in [-0.39, 0.29) is 25.5 Å². The number of aliphatic hydroxyl groups excluding tert-OH is 1. The van der Waals surface area contributed by atoms with E-state index in [1.54, 1.807) is 0 Å². The first-order chi connectivity index (χ1) is 7.04. The van der Waals surface area contributed by atoms with E-state index in [9.17, 15) is 14.7 Å². The molecule has 1 amide bonds. The number of hydrogen-bond acceptors (Lipinski definition) is 4. The second-order valence-corrected chi connectivity index (χ2v) is 3.65. The summed E-state index contributed by atoms with van der Waals surface area (Å²) in [5.74, 6) is -1.17. The van der Waals surface area contributed by atoms with Crippen LogP contribution in [0.15, 0.2) is 0 Å². The molecule has 1 aliphatic rings.